The first kappa shape index (κ1) is 28.6. The maximum Gasteiger partial charge on any atom is 0.432 e. The summed E-state index contributed by atoms with van der Waals surface area (Å²) in [5, 5.41) is 16.6. The lowest BCUT2D eigenvalue weighted by molar-refractivity contribution is -0.786. The number of imide groups is 2. The Balaban J connectivity index is 1.42. The zero-order valence-electron chi connectivity index (χ0n) is 22.8. The van der Waals surface area contributed by atoms with E-state index in [1.54, 1.807) is 7.11 Å². The third kappa shape index (κ3) is 6.25. The van der Waals surface area contributed by atoms with Crippen molar-refractivity contribution in [1.82, 2.24) is 20.7 Å². The number of quaternary nitrogens is 1. The Morgan fingerprint density at radius 3 is 2.67 bits per heavy atom. The number of nitrogens with zero attached hydrogens (tertiary/aromatic N) is 2. The normalized spacial score (nSPS) is 22.0. The molecule has 0 spiro atoms. The van der Waals surface area contributed by atoms with Crippen LogP contribution in [0, 0.1) is 11.8 Å². The van der Waals surface area contributed by atoms with E-state index in [4.69, 9.17) is 4.74 Å². The number of H-pyrrole nitrogens is 1. The number of methoxy groups -OCH3 is 1. The molecule has 2 fully saturated rings. The van der Waals surface area contributed by atoms with Crippen molar-refractivity contribution in [3.8, 4) is 5.75 Å². The smallest absolute Gasteiger partial charge is 0.432 e. The van der Waals surface area contributed by atoms with Crippen molar-refractivity contribution in [3.05, 3.63) is 30.0 Å². The van der Waals surface area contributed by atoms with Gasteiger partial charge in [-0.15, -0.1) is 0 Å². The molecule has 6 amide bonds. The van der Waals surface area contributed by atoms with Gasteiger partial charge in [-0.05, 0) is 49.4 Å². The van der Waals surface area contributed by atoms with Crippen LogP contribution < -0.4 is 15.4 Å². The highest BCUT2D eigenvalue weighted by molar-refractivity contribution is 5.95. The first-order chi connectivity index (χ1) is 18.8. The molecule has 4 N–H and O–H groups in total. The molecule has 1 aliphatic heterocycles. The maximum absolute atomic E-state index is 14.0. The van der Waals surface area contributed by atoms with Gasteiger partial charge in [0.1, 0.15) is 11.8 Å². The fourth-order valence-electron chi connectivity index (χ4n) is 6.35. The van der Waals surface area contributed by atoms with Crippen molar-refractivity contribution in [2.45, 2.75) is 64.3 Å². The van der Waals surface area contributed by atoms with Crippen LogP contribution in [0.3, 0.4) is 0 Å². The van der Waals surface area contributed by atoms with Crippen molar-refractivity contribution in [2.24, 2.45) is 11.8 Å². The number of likely N-dealkylation sites (tertiary alicyclic amines) is 1. The standard InChI is InChI=1S/C28H39N5O6/c1-19-6-5-13-33(19,26(35)22(17-32(38)18-34)14-20-7-3-4-8-20)28(37)31-27(36)29-12-11-21-16-30-25-10-9-23(39-2)15-24(21)25/h9-10,15-16,18-20,22,30,38H,3-8,11-14,17H2,1-2H3,(H-,29,31,36,37)/p+1/t19-,22-,33?/m1/s1. The van der Waals surface area contributed by atoms with Crippen LogP contribution >= 0.6 is 0 Å². The number of nitrogens with one attached hydrogen (secondary N) is 3. The number of ether oxygens (including phenoxy) is 1. The second-order valence-corrected chi connectivity index (χ2v) is 10.9. The maximum atomic E-state index is 14.0. The van der Waals surface area contributed by atoms with E-state index in [1.807, 2.05) is 31.3 Å². The average Bonchev–Trinajstić information content (AvgIpc) is 3.68. The first-order valence-electron chi connectivity index (χ1n) is 13.8. The molecule has 4 rings (SSSR count). The molecular formula is C28H40N5O6+. The number of urea groups is 2. The van der Waals surface area contributed by atoms with E-state index in [1.165, 1.54) is 0 Å². The Hall–Kier alpha value is -3.44. The van der Waals surface area contributed by atoms with Gasteiger partial charge in [0.2, 0.25) is 6.41 Å². The van der Waals surface area contributed by atoms with E-state index >= 15 is 0 Å². The van der Waals surface area contributed by atoms with Crippen LogP contribution in [0.5, 0.6) is 5.75 Å². The third-order valence-corrected chi connectivity index (χ3v) is 8.49. The van der Waals surface area contributed by atoms with Crippen molar-refractivity contribution in [2.75, 3.05) is 26.7 Å². The zero-order valence-corrected chi connectivity index (χ0v) is 22.8. The number of aromatic amines is 1. The summed E-state index contributed by atoms with van der Waals surface area (Å²) in [4.78, 5) is 54.7. The summed E-state index contributed by atoms with van der Waals surface area (Å²) in [6.07, 6.45) is 8.69. The Morgan fingerprint density at radius 1 is 1.23 bits per heavy atom. The second-order valence-electron chi connectivity index (χ2n) is 10.9. The quantitative estimate of drug-likeness (QED) is 0.156. The summed E-state index contributed by atoms with van der Waals surface area (Å²) < 4.78 is 4.81. The van der Waals surface area contributed by atoms with E-state index in [2.05, 4.69) is 15.6 Å². The Bertz CT molecular complexity index is 1190. The number of carbonyl (C=O) groups excluding carboxylic acids is 4. The molecule has 1 saturated heterocycles. The van der Waals surface area contributed by atoms with E-state index in [-0.39, 0.29) is 38.0 Å². The van der Waals surface area contributed by atoms with Gasteiger partial charge in [-0.25, -0.2) is 24.8 Å². The predicted octanol–water partition coefficient (Wildman–Crippen LogP) is 3.71. The molecule has 11 heteroatoms. The summed E-state index contributed by atoms with van der Waals surface area (Å²) in [6, 6.07) is 4.09. The monoisotopic (exact) mass is 542 g/mol. The number of benzene rings is 1. The molecule has 2 heterocycles. The predicted molar refractivity (Wildman–Crippen MR) is 144 cm³/mol. The van der Waals surface area contributed by atoms with Crippen molar-refractivity contribution >= 4 is 35.3 Å². The van der Waals surface area contributed by atoms with Crippen LogP contribution in [0.1, 0.15) is 57.4 Å². The van der Waals surface area contributed by atoms with Gasteiger partial charge < -0.3 is 15.0 Å². The topological polar surface area (TPSA) is 141 Å². The molecule has 1 saturated carbocycles. The molecule has 1 unspecified atom stereocenters. The van der Waals surface area contributed by atoms with Gasteiger partial charge in [0.05, 0.1) is 26.1 Å². The van der Waals surface area contributed by atoms with Crippen molar-refractivity contribution in [3.63, 3.8) is 0 Å². The Morgan fingerprint density at radius 2 is 2.00 bits per heavy atom. The molecule has 212 valence electrons. The van der Waals surface area contributed by atoms with E-state index in [9.17, 15) is 24.4 Å². The molecule has 1 aromatic carbocycles. The molecule has 0 bridgehead atoms. The van der Waals surface area contributed by atoms with Gasteiger partial charge in [-0.3, -0.25) is 10.0 Å². The molecule has 2 aliphatic rings. The summed E-state index contributed by atoms with van der Waals surface area (Å²) in [6.45, 7) is 2.25. The number of hydroxylamine groups is 2. The van der Waals surface area contributed by atoms with Gasteiger partial charge in [0.25, 0.3) is 0 Å². The average molecular weight is 543 g/mol. The molecule has 0 radical (unpaired) electrons. The lowest BCUT2D eigenvalue weighted by Crippen LogP contribution is -2.66. The Kier molecular flexibility index (Phi) is 9.24. The third-order valence-electron chi connectivity index (χ3n) is 8.49. The summed E-state index contributed by atoms with van der Waals surface area (Å²) in [5.74, 6) is 0.0110. The summed E-state index contributed by atoms with van der Waals surface area (Å²) >= 11 is 0. The number of rotatable bonds is 10. The zero-order chi connectivity index (χ0) is 28.0. The molecule has 1 aliphatic carbocycles. The van der Waals surface area contributed by atoms with Crippen LogP contribution in [0.2, 0.25) is 0 Å². The lowest BCUT2D eigenvalue weighted by atomic mass is 9.91. The lowest BCUT2D eigenvalue weighted by Gasteiger charge is -2.36. The molecule has 39 heavy (non-hydrogen) atoms. The van der Waals surface area contributed by atoms with E-state index in [0.717, 1.165) is 47.9 Å². The number of hydrogen-bond acceptors (Lipinski definition) is 6. The van der Waals surface area contributed by atoms with Gasteiger partial charge in [0, 0.05) is 36.5 Å². The first-order valence-corrected chi connectivity index (χ1v) is 13.8. The largest absolute Gasteiger partial charge is 0.497 e. The molecule has 3 atom stereocenters. The SMILES string of the molecule is COc1ccc2[nH]cc(CCNC(=O)NC(=O)[N+]3(C(=O)[C@H](CC4CCCC4)CN(O)C=O)CCC[C@H]3C)c2c1. The fraction of sp³-hybridized carbons (Fsp3) is 0.571. The van der Waals surface area contributed by atoms with Crippen LogP contribution in [0.25, 0.3) is 10.9 Å². The number of hydrogen-bond donors (Lipinski definition) is 4. The minimum atomic E-state index is -0.698. The van der Waals surface area contributed by atoms with Crippen LogP contribution in [0.15, 0.2) is 24.4 Å². The summed E-state index contributed by atoms with van der Waals surface area (Å²) in [7, 11) is 1.61. The highest BCUT2D eigenvalue weighted by Gasteiger charge is 2.55. The van der Waals surface area contributed by atoms with Gasteiger partial charge in [0.15, 0.2) is 0 Å². The number of amides is 6. The molecule has 2 aromatic rings. The number of fused-ring (bicyclic) bond motifs is 1. The highest BCUT2D eigenvalue weighted by Crippen LogP contribution is 2.35. The highest BCUT2D eigenvalue weighted by atomic mass is 16.5. The minimum Gasteiger partial charge on any atom is -0.497 e. The molecule has 11 nitrogen and oxygen atoms in total. The number of carbonyl (C=O) groups is 4. The fourth-order valence-corrected chi connectivity index (χ4v) is 6.35. The number of aromatic nitrogens is 1. The second kappa shape index (κ2) is 12.6. The Labute approximate surface area is 228 Å². The van der Waals surface area contributed by atoms with E-state index < -0.39 is 22.5 Å². The molecular weight excluding hydrogens is 502 g/mol. The van der Waals surface area contributed by atoms with Crippen LogP contribution in [0.4, 0.5) is 9.59 Å². The van der Waals surface area contributed by atoms with Crippen molar-refractivity contribution in [1.29, 1.82) is 0 Å². The summed E-state index contributed by atoms with van der Waals surface area (Å²) in [5.41, 5.74) is 1.96. The van der Waals surface area contributed by atoms with Crippen molar-refractivity contribution < 1.29 is 33.6 Å². The van der Waals surface area contributed by atoms with Crippen LogP contribution in [-0.2, 0) is 16.0 Å². The van der Waals surface area contributed by atoms with E-state index in [0.29, 0.717) is 36.7 Å². The molecule has 1 aromatic heterocycles. The van der Waals surface area contributed by atoms with Crippen LogP contribution in [-0.4, -0.2) is 76.9 Å². The van der Waals surface area contributed by atoms with Gasteiger partial charge in [-0.1, -0.05) is 25.7 Å². The van der Waals surface area contributed by atoms with Gasteiger partial charge in [-0.2, -0.15) is 4.48 Å². The minimum absolute atomic E-state index is 0.166. The van der Waals surface area contributed by atoms with Gasteiger partial charge >= 0.3 is 18.0 Å².